The SMILES string of the molecule is O=C1COCC(=O)OCC(=O)OCCOCCOCCOCCO1. The number of esters is 3. The molecule has 1 heterocycles. The quantitative estimate of drug-likeness (QED) is 0.385. The molecule has 0 saturated carbocycles. The van der Waals surface area contributed by atoms with Crippen LogP contribution in [-0.2, 0) is 47.5 Å². The second-order valence-electron chi connectivity index (χ2n) is 4.43. The van der Waals surface area contributed by atoms with Gasteiger partial charge in [-0.1, -0.05) is 0 Å². The molecule has 0 spiro atoms. The fourth-order valence-corrected chi connectivity index (χ4v) is 1.45. The molecule has 0 aliphatic carbocycles. The predicted octanol–water partition coefficient (Wildman–Crippen LogP) is -1.30. The summed E-state index contributed by atoms with van der Waals surface area (Å²) in [5.41, 5.74) is 0. The first-order valence-electron chi connectivity index (χ1n) is 7.46. The van der Waals surface area contributed by atoms with Gasteiger partial charge in [0.05, 0.1) is 39.6 Å². The van der Waals surface area contributed by atoms with Crippen molar-refractivity contribution >= 4 is 17.9 Å². The second-order valence-corrected chi connectivity index (χ2v) is 4.43. The lowest BCUT2D eigenvalue weighted by atomic mass is 10.6. The molecule has 1 fully saturated rings. The first-order chi connectivity index (χ1) is 11.7. The molecule has 0 bridgehead atoms. The molecule has 138 valence electrons. The molecule has 0 unspecified atom stereocenters. The zero-order valence-electron chi connectivity index (χ0n) is 13.4. The number of ether oxygens (including phenoxy) is 7. The lowest BCUT2D eigenvalue weighted by Crippen LogP contribution is -2.23. The zero-order chi connectivity index (χ0) is 17.5. The van der Waals surface area contributed by atoms with Crippen LogP contribution in [0.1, 0.15) is 0 Å². The van der Waals surface area contributed by atoms with Crippen LogP contribution in [-0.4, -0.2) is 90.6 Å². The molecule has 0 aromatic carbocycles. The van der Waals surface area contributed by atoms with Crippen molar-refractivity contribution in [1.82, 2.24) is 0 Å². The van der Waals surface area contributed by atoms with Crippen LogP contribution in [0.4, 0.5) is 0 Å². The summed E-state index contributed by atoms with van der Waals surface area (Å²) >= 11 is 0. The molecule has 1 rings (SSSR count). The Morgan fingerprint density at radius 1 is 0.417 bits per heavy atom. The van der Waals surface area contributed by atoms with Gasteiger partial charge in [0.2, 0.25) is 0 Å². The monoisotopic (exact) mass is 350 g/mol. The molecule has 0 N–H and O–H groups in total. The predicted molar refractivity (Wildman–Crippen MR) is 76.2 cm³/mol. The summed E-state index contributed by atoms with van der Waals surface area (Å²) in [5.74, 6) is -2.13. The van der Waals surface area contributed by atoms with Crippen LogP contribution >= 0.6 is 0 Å². The lowest BCUT2D eigenvalue weighted by Gasteiger charge is -2.07. The first-order valence-corrected chi connectivity index (χ1v) is 7.46. The third-order valence-electron chi connectivity index (χ3n) is 2.52. The Labute approximate surface area is 139 Å². The van der Waals surface area contributed by atoms with Crippen molar-refractivity contribution < 1.29 is 47.5 Å². The smallest absolute Gasteiger partial charge is 0.344 e. The third-order valence-corrected chi connectivity index (χ3v) is 2.52. The summed E-state index contributed by atoms with van der Waals surface area (Å²) in [5, 5.41) is 0. The highest BCUT2D eigenvalue weighted by atomic mass is 16.6. The van der Waals surface area contributed by atoms with Crippen molar-refractivity contribution in [3.05, 3.63) is 0 Å². The second kappa shape index (κ2) is 13.7. The van der Waals surface area contributed by atoms with Crippen LogP contribution in [0.3, 0.4) is 0 Å². The van der Waals surface area contributed by atoms with Gasteiger partial charge in [0.15, 0.2) is 6.61 Å². The summed E-state index contributed by atoms with van der Waals surface area (Å²) in [6.45, 7) is 0.611. The summed E-state index contributed by atoms with van der Waals surface area (Å²) in [7, 11) is 0. The third kappa shape index (κ3) is 11.8. The van der Waals surface area contributed by atoms with Crippen molar-refractivity contribution in [3.8, 4) is 0 Å². The maximum Gasteiger partial charge on any atom is 0.344 e. The summed E-state index contributed by atoms with van der Waals surface area (Å²) < 4.78 is 34.7. The normalized spacial score (nSPS) is 21.8. The van der Waals surface area contributed by atoms with Crippen molar-refractivity contribution in [2.45, 2.75) is 0 Å². The van der Waals surface area contributed by atoms with Crippen LogP contribution in [0, 0.1) is 0 Å². The number of hydrogen-bond acceptors (Lipinski definition) is 10. The van der Waals surface area contributed by atoms with Gasteiger partial charge in [-0.3, -0.25) is 0 Å². The van der Waals surface area contributed by atoms with E-state index in [-0.39, 0.29) is 26.4 Å². The molecule has 0 atom stereocenters. The van der Waals surface area contributed by atoms with E-state index in [1.165, 1.54) is 0 Å². The van der Waals surface area contributed by atoms with Gasteiger partial charge in [0.1, 0.15) is 26.4 Å². The molecule has 0 radical (unpaired) electrons. The molecule has 10 heteroatoms. The Kier molecular flexibility index (Phi) is 11.6. The summed E-state index contributed by atoms with van der Waals surface area (Å²) in [6, 6.07) is 0. The molecule has 1 aliphatic rings. The van der Waals surface area contributed by atoms with Gasteiger partial charge < -0.3 is 33.2 Å². The summed E-state index contributed by atoms with van der Waals surface area (Å²) in [4.78, 5) is 33.9. The molecular formula is C14H22O10. The van der Waals surface area contributed by atoms with Gasteiger partial charge in [-0.25, -0.2) is 14.4 Å². The van der Waals surface area contributed by atoms with Gasteiger partial charge in [0.25, 0.3) is 0 Å². The molecule has 24 heavy (non-hydrogen) atoms. The molecule has 1 saturated heterocycles. The fourth-order valence-electron chi connectivity index (χ4n) is 1.45. The Balaban J connectivity index is 2.27. The number of cyclic esters (lactones) is 3. The van der Waals surface area contributed by atoms with Gasteiger partial charge in [0, 0.05) is 0 Å². The van der Waals surface area contributed by atoms with Crippen molar-refractivity contribution in [2.24, 2.45) is 0 Å². The van der Waals surface area contributed by atoms with Crippen molar-refractivity contribution in [3.63, 3.8) is 0 Å². The standard InChI is InChI=1S/C14H22O10/c15-12-9-21-10-13(16)24-11-14(17)23-8-6-20-4-2-18-1-3-19-5-7-22-12/h1-11H2. The minimum atomic E-state index is -0.789. The lowest BCUT2D eigenvalue weighted by molar-refractivity contribution is -0.164. The maximum absolute atomic E-state index is 11.3. The highest BCUT2D eigenvalue weighted by molar-refractivity contribution is 5.77. The molecule has 0 amide bonds. The van der Waals surface area contributed by atoms with E-state index in [4.69, 9.17) is 28.4 Å². The molecular weight excluding hydrogens is 328 g/mol. The fraction of sp³-hybridized carbons (Fsp3) is 0.786. The van der Waals surface area contributed by atoms with Crippen LogP contribution in [0.5, 0.6) is 0 Å². The Morgan fingerprint density at radius 3 is 1.29 bits per heavy atom. The van der Waals surface area contributed by atoms with Gasteiger partial charge in [-0.2, -0.15) is 0 Å². The Morgan fingerprint density at radius 2 is 0.792 bits per heavy atom. The van der Waals surface area contributed by atoms with Gasteiger partial charge in [-0.05, 0) is 0 Å². The minimum absolute atomic E-state index is 0.0435. The van der Waals surface area contributed by atoms with Crippen molar-refractivity contribution in [1.29, 1.82) is 0 Å². The molecule has 0 aromatic heterocycles. The number of hydrogen-bond donors (Lipinski definition) is 0. The Bertz CT molecular complexity index is 384. The molecule has 0 aromatic rings. The van der Waals surface area contributed by atoms with E-state index >= 15 is 0 Å². The molecule has 1 aliphatic heterocycles. The van der Waals surface area contributed by atoms with E-state index in [9.17, 15) is 14.4 Å². The van der Waals surface area contributed by atoms with Crippen LogP contribution < -0.4 is 0 Å². The Hall–Kier alpha value is -1.75. The minimum Gasteiger partial charge on any atom is -0.462 e. The van der Waals surface area contributed by atoms with Crippen LogP contribution in [0.25, 0.3) is 0 Å². The van der Waals surface area contributed by atoms with Crippen LogP contribution in [0.15, 0.2) is 0 Å². The zero-order valence-corrected chi connectivity index (χ0v) is 13.4. The van der Waals surface area contributed by atoms with E-state index in [1.807, 2.05) is 0 Å². The summed E-state index contributed by atoms with van der Waals surface area (Å²) in [6.07, 6.45) is 0. The van der Waals surface area contributed by atoms with E-state index in [0.717, 1.165) is 0 Å². The van der Waals surface area contributed by atoms with Gasteiger partial charge >= 0.3 is 17.9 Å². The largest absolute Gasteiger partial charge is 0.462 e. The van der Waals surface area contributed by atoms with Crippen LogP contribution in [0.2, 0.25) is 0 Å². The number of carbonyl (C=O) groups excluding carboxylic acids is 3. The first kappa shape index (κ1) is 20.3. The van der Waals surface area contributed by atoms with Crippen molar-refractivity contribution in [2.75, 3.05) is 72.7 Å². The van der Waals surface area contributed by atoms with E-state index < -0.39 is 37.7 Å². The average Bonchev–Trinajstić information content (AvgIpc) is 2.56. The van der Waals surface area contributed by atoms with E-state index in [2.05, 4.69) is 4.74 Å². The topological polar surface area (TPSA) is 116 Å². The number of carbonyl (C=O) groups is 3. The van der Waals surface area contributed by atoms with E-state index in [0.29, 0.717) is 26.4 Å². The highest BCUT2D eigenvalue weighted by Gasteiger charge is 2.10. The average molecular weight is 350 g/mol. The number of rotatable bonds is 0. The highest BCUT2D eigenvalue weighted by Crippen LogP contribution is 1.89. The van der Waals surface area contributed by atoms with Gasteiger partial charge in [-0.15, -0.1) is 0 Å². The van der Waals surface area contributed by atoms with E-state index in [1.54, 1.807) is 0 Å². The molecule has 10 nitrogen and oxygen atoms in total. The maximum atomic E-state index is 11.3.